The van der Waals surface area contributed by atoms with Crippen LogP contribution in [0.4, 0.5) is 11.4 Å². The Morgan fingerprint density at radius 1 is 1.18 bits per heavy atom. The Morgan fingerprint density at radius 2 is 1.91 bits per heavy atom. The number of benzene rings is 1. The lowest BCUT2D eigenvalue weighted by Crippen LogP contribution is -2.40. The second-order valence-corrected chi connectivity index (χ2v) is 6.28. The molecule has 2 aliphatic heterocycles. The van der Waals surface area contributed by atoms with Gasteiger partial charge in [0.05, 0.1) is 0 Å². The Balaban J connectivity index is 1.60. The van der Waals surface area contributed by atoms with E-state index in [0.717, 1.165) is 31.5 Å². The van der Waals surface area contributed by atoms with Crippen molar-refractivity contribution in [3.63, 3.8) is 0 Å². The van der Waals surface area contributed by atoms with Gasteiger partial charge in [0.1, 0.15) is 0 Å². The second-order valence-electron chi connectivity index (χ2n) is 6.28. The van der Waals surface area contributed by atoms with Crippen molar-refractivity contribution < 1.29 is 9.59 Å². The second kappa shape index (κ2) is 5.99. The first-order valence-electron chi connectivity index (χ1n) is 7.95. The predicted molar refractivity (Wildman–Crippen MR) is 87.0 cm³/mol. The number of hydrogen-bond acceptors (Lipinski definition) is 3. The van der Waals surface area contributed by atoms with Crippen LogP contribution >= 0.6 is 0 Å². The third-order valence-electron chi connectivity index (χ3n) is 4.79. The van der Waals surface area contributed by atoms with Gasteiger partial charge in [-0.2, -0.15) is 0 Å². The monoisotopic (exact) mass is 301 g/mol. The first-order valence-corrected chi connectivity index (χ1v) is 7.95. The van der Waals surface area contributed by atoms with Crippen molar-refractivity contribution in [3.05, 3.63) is 23.8 Å². The van der Waals surface area contributed by atoms with E-state index in [1.54, 1.807) is 6.92 Å². The number of fused-ring (bicyclic) bond motifs is 1. The molecule has 0 spiro atoms. The Kier molecular flexibility index (Phi) is 4.05. The Morgan fingerprint density at radius 3 is 2.59 bits per heavy atom. The molecule has 2 heterocycles. The summed E-state index contributed by atoms with van der Waals surface area (Å²) in [6, 6.07) is 6.14. The van der Waals surface area contributed by atoms with Crippen molar-refractivity contribution in [2.45, 2.75) is 26.2 Å². The van der Waals surface area contributed by atoms with Gasteiger partial charge in [-0.3, -0.25) is 9.59 Å². The number of nitrogens with one attached hydrogen (secondary N) is 1. The number of likely N-dealkylation sites (tertiary alicyclic amines) is 1. The molecule has 0 radical (unpaired) electrons. The van der Waals surface area contributed by atoms with Crippen LogP contribution in [0.3, 0.4) is 0 Å². The maximum Gasteiger partial charge on any atom is 0.227 e. The minimum Gasteiger partial charge on any atom is -0.374 e. The largest absolute Gasteiger partial charge is 0.374 e. The van der Waals surface area contributed by atoms with E-state index < -0.39 is 0 Å². The van der Waals surface area contributed by atoms with Gasteiger partial charge in [0.15, 0.2) is 0 Å². The van der Waals surface area contributed by atoms with Gasteiger partial charge in [-0.1, -0.05) is 0 Å². The highest BCUT2D eigenvalue weighted by Crippen LogP contribution is 2.29. The highest BCUT2D eigenvalue weighted by molar-refractivity contribution is 5.93. The molecule has 0 atom stereocenters. The lowest BCUT2D eigenvalue weighted by Gasteiger charge is -2.30. The van der Waals surface area contributed by atoms with Crippen molar-refractivity contribution in [1.82, 2.24) is 4.90 Å². The molecule has 1 aromatic rings. The smallest absolute Gasteiger partial charge is 0.227 e. The number of rotatable bonds is 2. The zero-order chi connectivity index (χ0) is 15.7. The first-order chi connectivity index (χ1) is 10.5. The highest BCUT2D eigenvalue weighted by Gasteiger charge is 2.26. The summed E-state index contributed by atoms with van der Waals surface area (Å²) in [4.78, 5) is 27.8. The molecule has 0 aliphatic carbocycles. The molecule has 118 valence electrons. The van der Waals surface area contributed by atoms with E-state index in [0.29, 0.717) is 13.1 Å². The van der Waals surface area contributed by atoms with E-state index in [1.807, 2.05) is 11.0 Å². The number of piperidine rings is 1. The van der Waals surface area contributed by atoms with E-state index in [1.165, 1.54) is 11.3 Å². The summed E-state index contributed by atoms with van der Waals surface area (Å²) in [7, 11) is 2.09. The fourth-order valence-electron chi connectivity index (χ4n) is 3.35. The third kappa shape index (κ3) is 2.93. The molecule has 2 amide bonds. The third-order valence-corrected chi connectivity index (χ3v) is 4.79. The lowest BCUT2D eigenvalue weighted by atomic mass is 9.95. The molecular formula is C17H23N3O2. The molecule has 1 saturated heterocycles. The summed E-state index contributed by atoms with van der Waals surface area (Å²) < 4.78 is 0. The average Bonchev–Trinajstić information content (AvgIpc) is 2.88. The van der Waals surface area contributed by atoms with Crippen LogP contribution < -0.4 is 10.2 Å². The van der Waals surface area contributed by atoms with Crippen LogP contribution in [0.15, 0.2) is 18.2 Å². The zero-order valence-electron chi connectivity index (χ0n) is 13.3. The summed E-state index contributed by atoms with van der Waals surface area (Å²) in [6.45, 7) is 3.99. The number of carbonyl (C=O) groups excluding carboxylic acids is 2. The van der Waals surface area contributed by atoms with Gasteiger partial charge in [0.2, 0.25) is 11.8 Å². The number of likely N-dealkylation sites (N-methyl/N-ethyl adjacent to an activating group) is 1. The Bertz CT molecular complexity index is 592. The minimum absolute atomic E-state index is 0.00604. The van der Waals surface area contributed by atoms with Crippen molar-refractivity contribution >= 4 is 23.2 Å². The number of carbonyl (C=O) groups is 2. The molecule has 22 heavy (non-hydrogen) atoms. The van der Waals surface area contributed by atoms with Gasteiger partial charge >= 0.3 is 0 Å². The van der Waals surface area contributed by atoms with Crippen molar-refractivity contribution in [2.24, 2.45) is 5.92 Å². The van der Waals surface area contributed by atoms with Gasteiger partial charge in [-0.15, -0.1) is 0 Å². The van der Waals surface area contributed by atoms with E-state index in [2.05, 4.69) is 29.4 Å². The normalized spacial score (nSPS) is 18.3. The summed E-state index contributed by atoms with van der Waals surface area (Å²) in [5.41, 5.74) is 3.44. The van der Waals surface area contributed by atoms with E-state index in [9.17, 15) is 9.59 Å². The summed E-state index contributed by atoms with van der Waals surface area (Å²) >= 11 is 0. The van der Waals surface area contributed by atoms with Crippen molar-refractivity contribution in [2.75, 3.05) is 36.9 Å². The van der Waals surface area contributed by atoms with Gasteiger partial charge in [0, 0.05) is 50.9 Å². The predicted octanol–water partition coefficient (Wildman–Crippen LogP) is 1.88. The fraction of sp³-hybridized carbons (Fsp3) is 0.529. The van der Waals surface area contributed by atoms with E-state index >= 15 is 0 Å². The summed E-state index contributed by atoms with van der Waals surface area (Å²) in [5, 5.41) is 3.04. The SMILES string of the molecule is CC(=O)N1CCC(C(=O)Nc2ccc3c(c2)CCN3C)CC1. The van der Waals surface area contributed by atoms with Crippen LogP contribution in [0.25, 0.3) is 0 Å². The molecule has 1 fully saturated rings. The number of amides is 2. The molecule has 2 aliphatic rings. The molecular weight excluding hydrogens is 278 g/mol. The van der Waals surface area contributed by atoms with Gasteiger partial charge in [-0.25, -0.2) is 0 Å². The topological polar surface area (TPSA) is 52.7 Å². The van der Waals surface area contributed by atoms with Crippen LogP contribution in [0.2, 0.25) is 0 Å². The molecule has 1 N–H and O–H groups in total. The Hall–Kier alpha value is -2.04. The first kappa shape index (κ1) is 14.9. The molecule has 0 aromatic heterocycles. The molecule has 0 bridgehead atoms. The lowest BCUT2D eigenvalue weighted by molar-refractivity contribution is -0.132. The van der Waals surface area contributed by atoms with E-state index in [4.69, 9.17) is 0 Å². The summed E-state index contributed by atoms with van der Waals surface area (Å²) in [6.07, 6.45) is 2.53. The fourth-order valence-corrected chi connectivity index (χ4v) is 3.35. The molecule has 5 heteroatoms. The Labute approximate surface area is 131 Å². The van der Waals surface area contributed by atoms with Crippen molar-refractivity contribution in [3.8, 4) is 0 Å². The number of nitrogens with zero attached hydrogens (tertiary/aromatic N) is 2. The minimum atomic E-state index is 0.00604. The molecule has 5 nitrogen and oxygen atoms in total. The highest BCUT2D eigenvalue weighted by atomic mass is 16.2. The number of hydrogen-bond donors (Lipinski definition) is 1. The maximum atomic E-state index is 12.4. The standard InChI is InChI=1S/C17H23N3O2/c1-12(21)20-9-6-13(7-10-20)17(22)18-15-3-4-16-14(11-15)5-8-19(16)2/h3-4,11,13H,5-10H2,1-2H3,(H,18,22). The van der Waals surface area contributed by atoms with Crippen LogP contribution in [0.1, 0.15) is 25.3 Å². The van der Waals surface area contributed by atoms with Crippen LogP contribution in [0, 0.1) is 5.92 Å². The summed E-state index contributed by atoms with van der Waals surface area (Å²) in [5.74, 6) is 0.183. The average molecular weight is 301 g/mol. The quantitative estimate of drug-likeness (QED) is 0.907. The van der Waals surface area contributed by atoms with Crippen LogP contribution in [0.5, 0.6) is 0 Å². The van der Waals surface area contributed by atoms with E-state index in [-0.39, 0.29) is 17.7 Å². The van der Waals surface area contributed by atoms with Gasteiger partial charge < -0.3 is 15.1 Å². The number of anilines is 2. The van der Waals surface area contributed by atoms with Gasteiger partial charge in [-0.05, 0) is 43.0 Å². The molecule has 0 unspecified atom stereocenters. The molecule has 1 aromatic carbocycles. The molecule has 3 rings (SSSR count). The van der Waals surface area contributed by atoms with Crippen LogP contribution in [-0.4, -0.2) is 43.4 Å². The zero-order valence-corrected chi connectivity index (χ0v) is 13.3. The van der Waals surface area contributed by atoms with Gasteiger partial charge in [0.25, 0.3) is 0 Å². The maximum absolute atomic E-state index is 12.4. The van der Waals surface area contributed by atoms with Crippen LogP contribution in [-0.2, 0) is 16.0 Å². The van der Waals surface area contributed by atoms with Crippen molar-refractivity contribution in [1.29, 1.82) is 0 Å². The molecule has 0 saturated carbocycles.